The van der Waals surface area contributed by atoms with Gasteiger partial charge in [0, 0.05) is 24.4 Å². The van der Waals surface area contributed by atoms with Crippen molar-refractivity contribution in [1.82, 2.24) is 10.3 Å². The van der Waals surface area contributed by atoms with Crippen LogP contribution in [0.3, 0.4) is 0 Å². The van der Waals surface area contributed by atoms with E-state index in [0.717, 1.165) is 11.3 Å². The molecule has 0 saturated carbocycles. The van der Waals surface area contributed by atoms with Crippen LogP contribution in [0.2, 0.25) is 0 Å². The Labute approximate surface area is 105 Å². The summed E-state index contributed by atoms with van der Waals surface area (Å²) in [5, 5.41) is 13.9. The minimum atomic E-state index is -0.378. The van der Waals surface area contributed by atoms with Gasteiger partial charge in [-0.15, -0.1) is 0 Å². The molecule has 0 spiro atoms. The molecule has 5 heteroatoms. The third-order valence-corrected chi connectivity index (χ3v) is 2.59. The largest absolute Gasteiger partial charge is 0.314 e. The molecule has 0 aliphatic carbocycles. The first-order valence-corrected chi connectivity index (χ1v) is 5.55. The summed E-state index contributed by atoms with van der Waals surface area (Å²) in [5.74, 6) is 0. The molecule has 0 aliphatic rings. The van der Waals surface area contributed by atoms with E-state index in [1.54, 1.807) is 24.4 Å². The molecule has 0 bridgehead atoms. The number of para-hydroxylation sites is 1. The zero-order valence-corrected chi connectivity index (χ0v) is 9.96. The second-order valence-corrected chi connectivity index (χ2v) is 3.84. The van der Waals surface area contributed by atoms with Gasteiger partial charge in [0.05, 0.1) is 16.2 Å². The number of nitro benzene ring substituents is 1. The van der Waals surface area contributed by atoms with Crippen molar-refractivity contribution in [2.45, 2.75) is 6.54 Å². The smallest absolute Gasteiger partial charge is 0.277 e. The van der Waals surface area contributed by atoms with Gasteiger partial charge in [-0.05, 0) is 19.2 Å². The lowest BCUT2D eigenvalue weighted by Crippen LogP contribution is -2.06. The Balaban J connectivity index is 2.39. The van der Waals surface area contributed by atoms with Crippen LogP contribution in [0.5, 0.6) is 0 Å². The van der Waals surface area contributed by atoms with Gasteiger partial charge in [-0.3, -0.25) is 15.1 Å². The molecule has 0 radical (unpaired) electrons. The second-order valence-electron chi connectivity index (χ2n) is 3.84. The predicted octanol–water partition coefficient (Wildman–Crippen LogP) is 2.38. The van der Waals surface area contributed by atoms with Gasteiger partial charge in [-0.25, -0.2) is 0 Å². The molecule has 0 fully saturated rings. The maximum atomic E-state index is 10.9. The van der Waals surface area contributed by atoms with E-state index in [-0.39, 0.29) is 10.6 Å². The highest BCUT2D eigenvalue weighted by Crippen LogP contribution is 2.28. The number of pyridine rings is 1. The van der Waals surface area contributed by atoms with Crippen molar-refractivity contribution in [1.29, 1.82) is 0 Å². The highest BCUT2D eigenvalue weighted by molar-refractivity contribution is 5.72. The van der Waals surface area contributed by atoms with Gasteiger partial charge in [-0.2, -0.15) is 0 Å². The molecule has 1 aromatic carbocycles. The van der Waals surface area contributed by atoms with Crippen LogP contribution in [0.25, 0.3) is 11.1 Å². The molecule has 18 heavy (non-hydrogen) atoms. The first kappa shape index (κ1) is 12.2. The van der Waals surface area contributed by atoms with Crippen molar-refractivity contribution in [3.8, 4) is 11.1 Å². The number of nitrogens with zero attached hydrogens (tertiary/aromatic N) is 2. The summed E-state index contributed by atoms with van der Waals surface area (Å²) in [6.07, 6.45) is 1.66. The lowest BCUT2D eigenvalue weighted by atomic mass is 10.1. The van der Waals surface area contributed by atoms with Gasteiger partial charge < -0.3 is 5.32 Å². The van der Waals surface area contributed by atoms with E-state index in [1.165, 1.54) is 6.07 Å². The van der Waals surface area contributed by atoms with E-state index in [1.807, 2.05) is 19.2 Å². The molecule has 2 aromatic rings. The van der Waals surface area contributed by atoms with E-state index < -0.39 is 0 Å². The van der Waals surface area contributed by atoms with Crippen LogP contribution < -0.4 is 5.32 Å². The third kappa shape index (κ3) is 2.52. The number of hydrogen-bond acceptors (Lipinski definition) is 4. The predicted molar refractivity (Wildman–Crippen MR) is 69.1 cm³/mol. The van der Waals surface area contributed by atoms with Crippen molar-refractivity contribution in [2.24, 2.45) is 0 Å². The maximum Gasteiger partial charge on any atom is 0.277 e. The summed E-state index contributed by atoms with van der Waals surface area (Å²) in [5.41, 5.74) is 2.34. The monoisotopic (exact) mass is 243 g/mol. The Hall–Kier alpha value is -2.27. The SMILES string of the molecule is CNCc1ccc(-c2ccccc2[N+](=O)[O-])cn1. The Morgan fingerprint density at radius 2 is 2.06 bits per heavy atom. The molecule has 0 amide bonds. The maximum absolute atomic E-state index is 10.9. The quantitative estimate of drug-likeness (QED) is 0.661. The van der Waals surface area contributed by atoms with E-state index in [9.17, 15) is 10.1 Å². The lowest BCUT2D eigenvalue weighted by Gasteiger charge is -2.04. The van der Waals surface area contributed by atoms with E-state index >= 15 is 0 Å². The van der Waals surface area contributed by atoms with Gasteiger partial charge in [0.15, 0.2) is 0 Å². The van der Waals surface area contributed by atoms with Crippen molar-refractivity contribution in [3.63, 3.8) is 0 Å². The van der Waals surface area contributed by atoms with Crippen LogP contribution in [-0.2, 0) is 6.54 Å². The van der Waals surface area contributed by atoms with Gasteiger partial charge in [0.2, 0.25) is 0 Å². The highest BCUT2D eigenvalue weighted by atomic mass is 16.6. The number of nitro groups is 1. The number of aromatic nitrogens is 1. The van der Waals surface area contributed by atoms with Crippen molar-refractivity contribution >= 4 is 5.69 Å². The normalized spacial score (nSPS) is 10.3. The molecule has 1 heterocycles. The topological polar surface area (TPSA) is 68.1 Å². The molecular weight excluding hydrogens is 230 g/mol. The minimum absolute atomic E-state index is 0.0978. The van der Waals surface area contributed by atoms with E-state index in [2.05, 4.69) is 10.3 Å². The van der Waals surface area contributed by atoms with E-state index in [4.69, 9.17) is 0 Å². The first-order valence-electron chi connectivity index (χ1n) is 5.55. The fourth-order valence-electron chi connectivity index (χ4n) is 1.75. The van der Waals surface area contributed by atoms with Crippen LogP contribution in [0.15, 0.2) is 42.6 Å². The molecule has 0 unspecified atom stereocenters. The van der Waals surface area contributed by atoms with Crippen molar-refractivity contribution < 1.29 is 4.92 Å². The molecule has 0 atom stereocenters. The summed E-state index contributed by atoms with van der Waals surface area (Å²) >= 11 is 0. The molecule has 0 saturated heterocycles. The fraction of sp³-hybridized carbons (Fsp3) is 0.154. The Morgan fingerprint density at radius 3 is 2.67 bits per heavy atom. The Morgan fingerprint density at radius 1 is 1.28 bits per heavy atom. The zero-order chi connectivity index (χ0) is 13.0. The average Bonchev–Trinajstić information content (AvgIpc) is 2.40. The Bertz CT molecular complexity index is 552. The first-order chi connectivity index (χ1) is 8.72. The molecule has 92 valence electrons. The number of benzene rings is 1. The second kappa shape index (κ2) is 5.37. The molecule has 1 N–H and O–H groups in total. The van der Waals surface area contributed by atoms with E-state index in [0.29, 0.717) is 12.1 Å². The average molecular weight is 243 g/mol. The summed E-state index contributed by atoms with van der Waals surface area (Å²) in [4.78, 5) is 14.8. The molecule has 1 aromatic heterocycles. The molecule has 0 aliphatic heterocycles. The fourth-order valence-corrected chi connectivity index (χ4v) is 1.75. The zero-order valence-electron chi connectivity index (χ0n) is 9.96. The summed E-state index contributed by atoms with van der Waals surface area (Å²) in [6, 6.07) is 10.4. The van der Waals surface area contributed by atoms with Crippen LogP contribution in [-0.4, -0.2) is 17.0 Å². The summed E-state index contributed by atoms with van der Waals surface area (Å²) in [6.45, 7) is 0.678. The standard InChI is InChI=1S/C13H13N3O2/c1-14-9-11-7-6-10(8-15-11)12-4-2-3-5-13(12)16(17)18/h2-8,14H,9H2,1H3. The molecule has 2 rings (SSSR count). The van der Waals surface area contributed by atoms with Crippen LogP contribution in [0.1, 0.15) is 5.69 Å². The minimum Gasteiger partial charge on any atom is -0.314 e. The van der Waals surface area contributed by atoms with Gasteiger partial charge in [-0.1, -0.05) is 18.2 Å². The number of rotatable bonds is 4. The number of hydrogen-bond donors (Lipinski definition) is 1. The third-order valence-electron chi connectivity index (χ3n) is 2.59. The van der Waals surface area contributed by atoms with Gasteiger partial charge in [0.25, 0.3) is 5.69 Å². The highest BCUT2D eigenvalue weighted by Gasteiger charge is 2.13. The summed E-state index contributed by atoms with van der Waals surface area (Å²) < 4.78 is 0. The number of nitrogens with one attached hydrogen (secondary N) is 1. The summed E-state index contributed by atoms with van der Waals surface area (Å²) in [7, 11) is 1.84. The van der Waals surface area contributed by atoms with Crippen LogP contribution >= 0.6 is 0 Å². The molecule has 5 nitrogen and oxygen atoms in total. The van der Waals surface area contributed by atoms with Crippen LogP contribution in [0, 0.1) is 10.1 Å². The molecular formula is C13H13N3O2. The van der Waals surface area contributed by atoms with Crippen molar-refractivity contribution in [3.05, 3.63) is 58.4 Å². The van der Waals surface area contributed by atoms with Gasteiger partial charge >= 0.3 is 0 Å². The lowest BCUT2D eigenvalue weighted by molar-refractivity contribution is -0.384. The van der Waals surface area contributed by atoms with Crippen molar-refractivity contribution in [2.75, 3.05) is 7.05 Å². The Kier molecular flexibility index (Phi) is 3.64. The van der Waals surface area contributed by atoms with Crippen LogP contribution in [0.4, 0.5) is 5.69 Å². The van der Waals surface area contributed by atoms with Gasteiger partial charge in [0.1, 0.15) is 0 Å².